The van der Waals surface area contributed by atoms with Gasteiger partial charge in [-0.15, -0.1) is 11.6 Å². The van der Waals surface area contributed by atoms with Crippen LogP contribution in [0.1, 0.15) is 11.1 Å². The molecule has 0 heterocycles. The molecule has 0 spiro atoms. The van der Waals surface area contributed by atoms with Crippen molar-refractivity contribution >= 4 is 48.7 Å². The Kier molecular flexibility index (Phi) is 3.69. The van der Waals surface area contributed by atoms with E-state index in [-0.39, 0.29) is 5.69 Å². The fourth-order valence-corrected chi connectivity index (χ4v) is 1.52. The lowest BCUT2D eigenvalue weighted by atomic mass is 9.59. The summed E-state index contributed by atoms with van der Waals surface area (Å²) in [4.78, 5) is 10.4. The van der Waals surface area contributed by atoms with E-state index in [4.69, 9.17) is 11.6 Å². The van der Waals surface area contributed by atoms with Crippen LogP contribution in [-0.2, 0) is 10.1 Å². The van der Waals surface area contributed by atoms with Crippen molar-refractivity contribution in [3.8, 4) is 0 Å². The zero-order chi connectivity index (χ0) is 13.4. The number of alkyl halides is 1. The molecule has 0 bridgehead atoms. The summed E-state index contributed by atoms with van der Waals surface area (Å²) in [6, 6.07) is 4.49. The second-order valence-corrected chi connectivity index (χ2v) is 6.00. The molecule has 1 aromatic carbocycles. The lowest BCUT2D eigenvalue weighted by molar-refractivity contribution is -0.385. The number of aliphatic hydroxyl groups is 1. The van der Waals surface area contributed by atoms with Crippen LogP contribution in [0, 0.1) is 10.1 Å². The number of non-ortho nitro benzene ring substituents is 1. The molecule has 9 heteroatoms. The molecule has 0 aromatic heterocycles. The third-order valence-electron chi connectivity index (χ3n) is 2.52. The monoisotopic (exact) mass is 249 g/mol. The van der Waals surface area contributed by atoms with Gasteiger partial charge in [0.25, 0.3) is 5.69 Å². The second kappa shape index (κ2) is 4.42. The zero-order valence-corrected chi connectivity index (χ0v) is 11.1. The fourth-order valence-electron chi connectivity index (χ4n) is 1.41. The van der Waals surface area contributed by atoms with Gasteiger partial charge in [-0.2, -0.15) is 0 Å². The van der Waals surface area contributed by atoms with Crippen LogP contribution in [0.25, 0.3) is 0 Å². The van der Waals surface area contributed by atoms with Crippen molar-refractivity contribution in [1.82, 2.24) is 0 Å². The third kappa shape index (κ3) is 3.54. The number of nitro groups is 1. The number of rotatable bonds is 3. The maximum atomic E-state index is 10.8. The van der Waals surface area contributed by atoms with Crippen LogP contribution in [0.15, 0.2) is 18.2 Å². The highest BCUT2D eigenvalue weighted by Gasteiger charge is 2.25. The third-order valence-corrected chi connectivity index (χ3v) is 2.74. The Bertz CT molecular complexity index is 423. The Hall–Kier alpha value is -0.870. The van der Waals surface area contributed by atoms with Crippen LogP contribution in [0.5, 0.6) is 0 Å². The van der Waals surface area contributed by atoms with Gasteiger partial charge >= 0.3 is 0 Å². The summed E-state index contributed by atoms with van der Waals surface area (Å²) < 4.78 is -0.716. The first kappa shape index (κ1) is 14.2. The van der Waals surface area contributed by atoms with Crippen LogP contribution < -0.4 is 0 Å². The van der Waals surface area contributed by atoms with Gasteiger partial charge in [0, 0.05) is 22.2 Å². The summed E-state index contributed by atoms with van der Waals surface area (Å²) in [5, 5.41) is 19.6. The molecule has 1 rings (SSSR count). The van der Waals surface area contributed by atoms with E-state index in [0.717, 1.165) is 0 Å². The number of hydrogen-bond acceptors (Lipinski definition) is 3. The highest BCUT2D eigenvalue weighted by atomic mass is 35.5. The standard InChI is InChI=1S/C8H12B4ClNO3/c9-7(10,13)4-1-5(8(11,12)15)3-6(2-4)14(16)17/h1-3,15H,9-12H2. The Balaban J connectivity index is 3.45. The minimum atomic E-state index is -1.14. The van der Waals surface area contributed by atoms with Crippen LogP contribution in [0.3, 0.4) is 0 Å². The van der Waals surface area contributed by atoms with Gasteiger partial charge < -0.3 is 5.11 Å². The quantitative estimate of drug-likeness (QED) is 0.280. The van der Waals surface area contributed by atoms with E-state index in [1.165, 1.54) is 12.1 Å². The maximum Gasteiger partial charge on any atom is 0.270 e. The topological polar surface area (TPSA) is 63.4 Å². The van der Waals surface area contributed by atoms with E-state index in [1.54, 1.807) is 37.5 Å². The molecule has 1 N–H and O–H groups in total. The molecular weight excluding hydrogens is 237 g/mol. The van der Waals surface area contributed by atoms with Crippen LogP contribution in [0.2, 0.25) is 0 Å². The van der Waals surface area contributed by atoms with Gasteiger partial charge in [-0.25, -0.2) is 0 Å². The summed E-state index contributed by atoms with van der Waals surface area (Å²) in [5.74, 6) is 0. The molecule has 0 aliphatic carbocycles. The number of benzene rings is 1. The van der Waals surface area contributed by atoms with Gasteiger partial charge in [0.05, 0.1) is 4.92 Å². The maximum absolute atomic E-state index is 10.8. The largest absolute Gasteiger partial charge is 0.403 e. The molecule has 0 unspecified atom stereocenters. The summed E-state index contributed by atoms with van der Waals surface area (Å²) in [7, 11) is 6.66. The predicted molar refractivity (Wildman–Crippen MR) is 78.7 cm³/mol. The fraction of sp³-hybridized carbons (Fsp3) is 0.250. The van der Waals surface area contributed by atoms with Crippen LogP contribution in [-0.4, -0.2) is 41.4 Å². The number of nitro benzene ring substituents is 1. The minimum absolute atomic E-state index is 0.0617. The second-order valence-electron chi connectivity index (χ2n) is 5.06. The lowest BCUT2D eigenvalue weighted by Crippen LogP contribution is -2.27. The van der Waals surface area contributed by atoms with Crippen molar-refractivity contribution in [1.29, 1.82) is 0 Å². The van der Waals surface area contributed by atoms with E-state index < -0.39 is 15.0 Å². The van der Waals surface area contributed by atoms with Crippen LogP contribution >= 0.6 is 11.6 Å². The Morgan fingerprint density at radius 1 is 1.18 bits per heavy atom. The molecular formula is C8H12B4ClNO3. The van der Waals surface area contributed by atoms with Crippen LogP contribution in [0.4, 0.5) is 5.69 Å². The number of hydrogen-bond donors (Lipinski definition) is 1. The molecule has 0 radical (unpaired) electrons. The molecule has 86 valence electrons. The molecule has 0 saturated heterocycles. The van der Waals surface area contributed by atoms with Gasteiger partial charge in [0.1, 0.15) is 31.4 Å². The number of nitrogens with zero attached hydrogens (tertiary/aromatic N) is 1. The van der Waals surface area contributed by atoms with E-state index in [1.807, 2.05) is 0 Å². The predicted octanol–water partition coefficient (Wildman–Crippen LogP) is -2.42. The van der Waals surface area contributed by atoms with Crippen molar-refractivity contribution in [3.05, 3.63) is 39.4 Å². The smallest absolute Gasteiger partial charge is 0.270 e. The molecule has 17 heavy (non-hydrogen) atoms. The SMILES string of the molecule is BC(B)(O)c1cc([N+](=O)[O-])cc(C(B)(B)Cl)c1. The zero-order valence-electron chi connectivity index (χ0n) is 10.3. The minimum Gasteiger partial charge on any atom is -0.403 e. The number of halogens is 1. The van der Waals surface area contributed by atoms with E-state index >= 15 is 0 Å². The highest BCUT2D eigenvalue weighted by molar-refractivity contribution is 6.61. The van der Waals surface area contributed by atoms with Crippen molar-refractivity contribution in [2.24, 2.45) is 0 Å². The molecule has 0 amide bonds. The average molecular weight is 249 g/mol. The van der Waals surface area contributed by atoms with Gasteiger partial charge in [0.2, 0.25) is 0 Å². The Morgan fingerprint density at radius 2 is 1.65 bits per heavy atom. The lowest BCUT2D eigenvalue weighted by Gasteiger charge is -2.22. The normalized spacial score (nSPS) is 12.4. The highest BCUT2D eigenvalue weighted by Crippen LogP contribution is 2.29. The van der Waals surface area contributed by atoms with Gasteiger partial charge in [0.15, 0.2) is 0 Å². The van der Waals surface area contributed by atoms with E-state index in [0.29, 0.717) is 11.1 Å². The van der Waals surface area contributed by atoms with Crippen molar-refractivity contribution in [2.75, 3.05) is 0 Å². The van der Waals surface area contributed by atoms with E-state index in [9.17, 15) is 15.2 Å². The molecule has 4 nitrogen and oxygen atoms in total. The first-order chi connectivity index (χ1) is 7.51. The van der Waals surface area contributed by atoms with Gasteiger partial charge in [-0.3, -0.25) is 10.1 Å². The molecule has 0 saturated carbocycles. The summed E-state index contributed by atoms with van der Waals surface area (Å²) in [6.45, 7) is 0. The molecule has 0 fully saturated rings. The summed E-state index contributed by atoms with van der Waals surface area (Å²) in [6.07, 6.45) is 0. The van der Waals surface area contributed by atoms with Gasteiger partial charge in [-0.05, 0) is 11.1 Å². The molecule has 0 atom stereocenters. The Labute approximate surface area is 109 Å². The van der Waals surface area contributed by atoms with Crippen molar-refractivity contribution < 1.29 is 10.0 Å². The first-order valence-corrected chi connectivity index (χ1v) is 5.61. The van der Waals surface area contributed by atoms with E-state index in [2.05, 4.69) is 0 Å². The average Bonchev–Trinajstić information content (AvgIpc) is 2.14. The molecule has 0 aliphatic heterocycles. The summed E-state index contributed by atoms with van der Waals surface area (Å²) >= 11 is 6.15. The van der Waals surface area contributed by atoms with Gasteiger partial charge in [-0.1, -0.05) is 6.07 Å². The molecule has 0 aliphatic rings. The van der Waals surface area contributed by atoms with Crippen molar-refractivity contribution in [2.45, 2.75) is 10.1 Å². The summed E-state index contributed by atoms with van der Waals surface area (Å²) in [5.41, 5.74) is 1.04. The molecule has 1 aromatic rings. The Morgan fingerprint density at radius 3 is 2.00 bits per heavy atom. The van der Waals surface area contributed by atoms with Crippen molar-refractivity contribution in [3.63, 3.8) is 0 Å². The first-order valence-electron chi connectivity index (χ1n) is 5.23.